The zero-order valence-electron chi connectivity index (χ0n) is 12.7. The van der Waals surface area contributed by atoms with Crippen LogP contribution >= 0.6 is 7.60 Å². The summed E-state index contributed by atoms with van der Waals surface area (Å²) in [6.07, 6.45) is 0. The summed E-state index contributed by atoms with van der Waals surface area (Å²) in [4.78, 5) is 21.6. The Morgan fingerprint density at radius 2 is 1.55 bits per heavy atom. The van der Waals surface area contributed by atoms with Gasteiger partial charge in [-0.25, -0.2) is 0 Å². The van der Waals surface area contributed by atoms with Gasteiger partial charge >= 0.3 is 13.6 Å². The molecule has 0 fully saturated rings. The standard InChI is InChI=1S/C10H19O7P.CH4O/c1-8(11)10(3,4)15-7-17-18(5,13)16-6-14-9(2)12;1-2/h6-7H2,1-5H3;2H,1H3. The van der Waals surface area contributed by atoms with Crippen LogP contribution in [-0.4, -0.2) is 49.8 Å². The molecular formula is C11H23O8P. The van der Waals surface area contributed by atoms with Crippen LogP contribution in [0.4, 0.5) is 0 Å². The Morgan fingerprint density at radius 1 is 1.10 bits per heavy atom. The zero-order chi connectivity index (χ0) is 16.4. The summed E-state index contributed by atoms with van der Waals surface area (Å²) in [7, 11) is -2.38. The first-order valence-corrected chi connectivity index (χ1v) is 7.65. The number of ketones is 1. The molecule has 0 saturated carbocycles. The van der Waals surface area contributed by atoms with Crippen molar-refractivity contribution in [2.75, 3.05) is 27.4 Å². The Bertz CT molecular complexity index is 352. The van der Waals surface area contributed by atoms with E-state index in [2.05, 4.69) is 4.74 Å². The first-order valence-electron chi connectivity index (χ1n) is 5.66. The van der Waals surface area contributed by atoms with Gasteiger partial charge in [0.2, 0.25) is 6.79 Å². The highest BCUT2D eigenvalue weighted by Crippen LogP contribution is 2.43. The highest BCUT2D eigenvalue weighted by molar-refractivity contribution is 7.52. The second-order valence-electron chi connectivity index (χ2n) is 4.11. The van der Waals surface area contributed by atoms with Gasteiger partial charge in [0.05, 0.1) is 0 Å². The van der Waals surface area contributed by atoms with Crippen LogP contribution in [0.1, 0.15) is 27.7 Å². The molecule has 1 unspecified atom stereocenters. The fourth-order valence-electron chi connectivity index (χ4n) is 0.613. The van der Waals surface area contributed by atoms with E-state index in [4.69, 9.17) is 18.9 Å². The molecule has 0 aliphatic heterocycles. The van der Waals surface area contributed by atoms with Crippen molar-refractivity contribution < 1.29 is 37.8 Å². The predicted octanol–water partition coefficient (Wildman–Crippen LogP) is 1.31. The number of ether oxygens (including phenoxy) is 2. The van der Waals surface area contributed by atoms with Gasteiger partial charge in [-0.15, -0.1) is 0 Å². The molecule has 0 rings (SSSR count). The number of hydrogen-bond acceptors (Lipinski definition) is 8. The van der Waals surface area contributed by atoms with Gasteiger partial charge in [-0.3, -0.25) is 23.2 Å². The minimum absolute atomic E-state index is 0.183. The summed E-state index contributed by atoms with van der Waals surface area (Å²) in [5.41, 5.74) is -1.02. The lowest BCUT2D eigenvalue weighted by Crippen LogP contribution is -2.33. The van der Waals surface area contributed by atoms with Crippen LogP contribution in [0.3, 0.4) is 0 Å². The molecule has 0 bridgehead atoms. The van der Waals surface area contributed by atoms with Crippen LogP contribution in [0, 0.1) is 0 Å². The largest absolute Gasteiger partial charge is 0.438 e. The molecule has 9 heteroatoms. The van der Waals surface area contributed by atoms with Gasteiger partial charge in [-0.1, -0.05) is 0 Å². The summed E-state index contributed by atoms with van der Waals surface area (Å²) in [6, 6.07) is 0. The molecule has 0 aromatic heterocycles. The topological polar surface area (TPSA) is 108 Å². The molecular weight excluding hydrogens is 291 g/mol. The van der Waals surface area contributed by atoms with Crippen molar-refractivity contribution >= 4 is 19.3 Å². The van der Waals surface area contributed by atoms with Gasteiger partial charge in [0.25, 0.3) is 0 Å². The number of aliphatic hydroxyl groups is 1. The number of rotatable bonds is 8. The van der Waals surface area contributed by atoms with Crippen LogP contribution < -0.4 is 0 Å². The third kappa shape index (κ3) is 11.1. The Kier molecular flexibility index (Phi) is 10.8. The zero-order valence-corrected chi connectivity index (χ0v) is 13.6. The third-order valence-electron chi connectivity index (χ3n) is 2.10. The van der Waals surface area contributed by atoms with Crippen LogP contribution in [0.25, 0.3) is 0 Å². The monoisotopic (exact) mass is 314 g/mol. The van der Waals surface area contributed by atoms with Gasteiger partial charge in [0.1, 0.15) is 5.60 Å². The third-order valence-corrected chi connectivity index (χ3v) is 3.25. The SMILES string of the molecule is CC(=O)OCOP(C)(=O)OCOC(C)(C)C(C)=O.CO. The fraction of sp³-hybridized carbons (Fsp3) is 0.818. The number of hydrogen-bond donors (Lipinski definition) is 1. The smallest absolute Gasteiger partial charge is 0.332 e. The maximum Gasteiger partial charge on any atom is 0.332 e. The number of carbonyl (C=O) groups excluding carboxylic acids is 2. The summed E-state index contributed by atoms with van der Waals surface area (Å²) >= 11 is 0. The van der Waals surface area contributed by atoms with Crippen molar-refractivity contribution in [2.24, 2.45) is 0 Å². The van der Waals surface area contributed by atoms with Crippen molar-refractivity contribution in [3.05, 3.63) is 0 Å². The highest BCUT2D eigenvalue weighted by atomic mass is 31.2. The van der Waals surface area contributed by atoms with Crippen molar-refractivity contribution in [3.63, 3.8) is 0 Å². The predicted molar refractivity (Wildman–Crippen MR) is 71.2 cm³/mol. The van der Waals surface area contributed by atoms with Gasteiger partial charge in [0.15, 0.2) is 12.6 Å². The Hall–Kier alpha value is -0.790. The minimum Gasteiger partial charge on any atom is -0.438 e. The molecule has 0 aromatic rings. The molecule has 0 aliphatic carbocycles. The van der Waals surface area contributed by atoms with Gasteiger partial charge in [0, 0.05) is 20.7 Å². The first kappa shape index (κ1) is 21.5. The fourth-order valence-corrected chi connectivity index (χ4v) is 1.18. The average Bonchev–Trinajstić information content (AvgIpc) is 2.29. The molecule has 0 aliphatic rings. The van der Waals surface area contributed by atoms with E-state index < -0.39 is 26.0 Å². The average molecular weight is 314 g/mol. The maximum absolute atomic E-state index is 11.7. The van der Waals surface area contributed by atoms with Crippen LogP contribution in [0.5, 0.6) is 0 Å². The van der Waals surface area contributed by atoms with E-state index >= 15 is 0 Å². The van der Waals surface area contributed by atoms with E-state index in [1.54, 1.807) is 13.8 Å². The van der Waals surface area contributed by atoms with E-state index in [9.17, 15) is 14.2 Å². The maximum atomic E-state index is 11.7. The lowest BCUT2D eigenvalue weighted by Gasteiger charge is -2.22. The normalized spacial score (nSPS) is 13.8. The summed E-state index contributed by atoms with van der Waals surface area (Å²) in [6.45, 7) is 6.10. The number of aliphatic hydroxyl groups excluding tert-OH is 1. The molecule has 0 aromatic carbocycles. The highest BCUT2D eigenvalue weighted by Gasteiger charge is 2.26. The summed E-state index contributed by atoms with van der Waals surface area (Å²) in [5, 5.41) is 7.00. The lowest BCUT2D eigenvalue weighted by molar-refractivity contribution is -0.151. The van der Waals surface area contributed by atoms with E-state index in [-0.39, 0.29) is 12.6 Å². The Balaban J connectivity index is 0. The summed E-state index contributed by atoms with van der Waals surface area (Å²) < 4.78 is 30.8. The minimum atomic E-state index is -3.38. The second-order valence-corrected chi connectivity index (χ2v) is 6.17. The van der Waals surface area contributed by atoms with Crippen LogP contribution in [-0.2, 0) is 32.7 Å². The van der Waals surface area contributed by atoms with E-state index in [0.717, 1.165) is 7.11 Å². The van der Waals surface area contributed by atoms with Crippen molar-refractivity contribution in [3.8, 4) is 0 Å². The van der Waals surface area contributed by atoms with Crippen molar-refractivity contribution in [2.45, 2.75) is 33.3 Å². The molecule has 0 radical (unpaired) electrons. The molecule has 0 saturated heterocycles. The van der Waals surface area contributed by atoms with Crippen molar-refractivity contribution in [1.29, 1.82) is 0 Å². The first-order chi connectivity index (χ1) is 9.07. The molecule has 120 valence electrons. The van der Waals surface area contributed by atoms with E-state index in [1.807, 2.05) is 0 Å². The van der Waals surface area contributed by atoms with Gasteiger partial charge < -0.3 is 14.6 Å². The van der Waals surface area contributed by atoms with E-state index in [1.165, 1.54) is 20.5 Å². The Labute approximate surface area is 118 Å². The number of Topliss-reactive ketones (excluding diaryl/α,β-unsaturated/α-hetero) is 1. The molecule has 1 atom stereocenters. The lowest BCUT2D eigenvalue weighted by atomic mass is 10.1. The molecule has 0 heterocycles. The summed E-state index contributed by atoms with van der Waals surface area (Å²) in [5.74, 6) is -0.734. The molecule has 8 nitrogen and oxygen atoms in total. The van der Waals surface area contributed by atoms with Crippen LogP contribution in [0.2, 0.25) is 0 Å². The molecule has 0 amide bonds. The molecule has 1 N–H and O–H groups in total. The number of esters is 1. The number of carbonyl (C=O) groups is 2. The second kappa shape index (κ2) is 10.0. The van der Waals surface area contributed by atoms with E-state index in [0.29, 0.717) is 0 Å². The van der Waals surface area contributed by atoms with Gasteiger partial charge in [-0.05, 0) is 20.8 Å². The quantitative estimate of drug-likeness (QED) is 0.406. The molecule has 0 spiro atoms. The van der Waals surface area contributed by atoms with Gasteiger partial charge in [-0.2, -0.15) is 0 Å². The van der Waals surface area contributed by atoms with Crippen LogP contribution in [0.15, 0.2) is 0 Å². The van der Waals surface area contributed by atoms with Crippen molar-refractivity contribution in [1.82, 2.24) is 0 Å². The molecule has 20 heavy (non-hydrogen) atoms. The Morgan fingerprint density at radius 3 is 1.95 bits per heavy atom.